The third kappa shape index (κ3) is 4.89. The first kappa shape index (κ1) is 20.7. The highest BCUT2D eigenvalue weighted by atomic mass is 32.2. The summed E-state index contributed by atoms with van der Waals surface area (Å²) < 4.78 is 1.61. The molecule has 0 saturated heterocycles. The number of aromatic nitrogens is 4. The maximum absolute atomic E-state index is 12.7. The minimum Gasteiger partial charge on any atom is -0.324 e. The Labute approximate surface area is 173 Å². The highest BCUT2D eigenvalue weighted by Crippen LogP contribution is 2.25. The van der Waals surface area contributed by atoms with Crippen molar-refractivity contribution < 1.29 is 9.59 Å². The van der Waals surface area contributed by atoms with E-state index in [-0.39, 0.29) is 11.7 Å². The van der Waals surface area contributed by atoms with Crippen molar-refractivity contribution in [2.75, 3.05) is 5.32 Å². The van der Waals surface area contributed by atoms with Gasteiger partial charge in [0.1, 0.15) is 0 Å². The molecule has 0 aliphatic carbocycles. The first-order valence-corrected chi connectivity index (χ1v) is 10.2. The Bertz CT molecular complexity index is 1010. The number of ketones is 1. The van der Waals surface area contributed by atoms with Gasteiger partial charge in [-0.05, 0) is 60.0 Å². The van der Waals surface area contributed by atoms with Crippen LogP contribution in [0.4, 0.5) is 5.69 Å². The van der Waals surface area contributed by atoms with Crippen LogP contribution >= 0.6 is 11.8 Å². The molecule has 150 valence electrons. The van der Waals surface area contributed by atoms with Crippen LogP contribution in [0.1, 0.15) is 49.5 Å². The largest absolute Gasteiger partial charge is 0.324 e. The van der Waals surface area contributed by atoms with Gasteiger partial charge in [-0.3, -0.25) is 9.59 Å². The summed E-state index contributed by atoms with van der Waals surface area (Å²) in [4.78, 5) is 24.4. The summed E-state index contributed by atoms with van der Waals surface area (Å²) in [5, 5.41) is 14.7. The number of anilines is 1. The molecule has 0 bridgehead atoms. The van der Waals surface area contributed by atoms with Gasteiger partial charge in [0.05, 0.1) is 16.6 Å². The lowest BCUT2D eigenvalue weighted by atomic mass is 10.0. The maximum atomic E-state index is 12.7. The SMILES string of the molecule is CC(=O)c1ccccc1NC(=O)C(C)Sc1nnnn1-c1ccc(C(C)C)cc1. The van der Waals surface area contributed by atoms with Crippen LogP contribution in [-0.2, 0) is 4.79 Å². The van der Waals surface area contributed by atoms with E-state index in [0.717, 1.165) is 5.69 Å². The fourth-order valence-corrected chi connectivity index (χ4v) is 3.57. The van der Waals surface area contributed by atoms with E-state index in [0.29, 0.717) is 22.3 Å². The number of carbonyl (C=O) groups excluding carboxylic acids is 2. The fraction of sp³-hybridized carbons (Fsp3) is 0.286. The number of para-hydroxylation sites is 1. The van der Waals surface area contributed by atoms with Gasteiger partial charge in [0.25, 0.3) is 0 Å². The summed E-state index contributed by atoms with van der Waals surface area (Å²) in [6.07, 6.45) is 0. The molecule has 0 saturated carbocycles. The molecule has 1 N–H and O–H groups in total. The summed E-state index contributed by atoms with van der Waals surface area (Å²) in [6.45, 7) is 7.52. The van der Waals surface area contributed by atoms with Crippen molar-refractivity contribution in [3.05, 3.63) is 59.7 Å². The van der Waals surface area contributed by atoms with Gasteiger partial charge in [-0.25, -0.2) is 0 Å². The molecule has 3 aromatic rings. The van der Waals surface area contributed by atoms with E-state index in [1.165, 1.54) is 24.2 Å². The standard InChI is InChI=1S/C21H23N5O2S/c1-13(2)16-9-11-17(12-10-16)26-21(23-24-25-26)29-15(4)20(28)22-19-8-6-5-7-18(19)14(3)27/h5-13,15H,1-4H3,(H,22,28). The Morgan fingerprint density at radius 1 is 1.03 bits per heavy atom. The molecule has 0 spiro atoms. The van der Waals surface area contributed by atoms with Gasteiger partial charge in [-0.15, -0.1) is 5.10 Å². The first-order chi connectivity index (χ1) is 13.9. The van der Waals surface area contributed by atoms with Crippen molar-refractivity contribution in [3.63, 3.8) is 0 Å². The van der Waals surface area contributed by atoms with Crippen LogP contribution in [-0.4, -0.2) is 37.1 Å². The van der Waals surface area contributed by atoms with Crippen molar-refractivity contribution in [3.8, 4) is 5.69 Å². The number of nitrogens with one attached hydrogen (secondary N) is 1. The lowest BCUT2D eigenvalue weighted by Crippen LogP contribution is -2.24. The van der Waals surface area contributed by atoms with Crippen LogP contribution in [0, 0.1) is 0 Å². The minimum absolute atomic E-state index is 0.102. The van der Waals surface area contributed by atoms with Crippen molar-refractivity contribution >= 4 is 29.1 Å². The molecule has 29 heavy (non-hydrogen) atoms. The molecule has 1 amide bonds. The number of hydrogen-bond acceptors (Lipinski definition) is 6. The van der Waals surface area contributed by atoms with Gasteiger partial charge in [0.2, 0.25) is 11.1 Å². The molecule has 0 aliphatic heterocycles. The highest BCUT2D eigenvalue weighted by molar-refractivity contribution is 8.00. The van der Waals surface area contributed by atoms with Crippen LogP contribution < -0.4 is 5.32 Å². The minimum atomic E-state index is -0.463. The van der Waals surface area contributed by atoms with Crippen LogP contribution in [0.15, 0.2) is 53.7 Å². The quantitative estimate of drug-likeness (QED) is 0.467. The Balaban J connectivity index is 1.73. The Morgan fingerprint density at radius 2 is 1.72 bits per heavy atom. The zero-order chi connectivity index (χ0) is 21.0. The predicted octanol–water partition coefficient (Wildman–Crippen LogP) is 4.11. The molecule has 3 rings (SSSR count). The van der Waals surface area contributed by atoms with Crippen LogP contribution in [0.5, 0.6) is 0 Å². The number of rotatable bonds is 7. The molecular formula is C21H23N5O2S. The number of amides is 1. The van der Waals surface area contributed by atoms with Crippen molar-refractivity contribution in [1.82, 2.24) is 20.2 Å². The van der Waals surface area contributed by atoms with E-state index < -0.39 is 5.25 Å². The van der Waals surface area contributed by atoms with Crippen LogP contribution in [0.25, 0.3) is 5.69 Å². The highest BCUT2D eigenvalue weighted by Gasteiger charge is 2.20. The predicted molar refractivity (Wildman–Crippen MR) is 114 cm³/mol. The summed E-state index contributed by atoms with van der Waals surface area (Å²) in [7, 11) is 0. The Morgan fingerprint density at radius 3 is 2.38 bits per heavy atom. The average Bonchev–Trinajstić information content (AvgIpc) is 3.16. The summed E-state index contributed by atoms with van der Waals surface area (Å²) in [5.41, 5.74) is 3.04. The number of tetrazole rings is 1. The van der Waals surface area contributed by atoms with Gasteiger partial charge in [0, 0.05) is 5.56 Å². The van der Waals surface area contributed by atoms with E-state index in [2.05, 4.69) is 34.7 Å². The third-order valence-electron chi connectivity index (χ3n) is 4.46. The molecule has 1 heterocycles. The van der Waals surface area contributed by atoms with Gasteiger partial charge in [0.15, 0.2) is 5.78 Å². The zero-order valence-corrected chi connectivity index (χ0v) is 17.6. The number of carbonyl (C=O) groups is 2. The van der Waals surface area contributed by atoms with Crippen LogP contribution in [0.2, 0.25) is 0 Å². The summed E-state index contributed by atoms with van der Waals surface area (Å²) >= 11 is 1.25. The van der Waals surface area contributed by atoms with E-state index in [9.17, 15) is 9.59 Å². The molecule has 0 radical (unpaired) electrons. The number of thioether (sulfide) groups is 1. The molecular weight excluding hydrogens is 386 g/mol. The van der Waals surface area contributed by atoms with Crippen LogP contribution in [0.3, 0.4) is 0 Å². The second-order valence-electron chi connectivity index (χ2n) is 6.97. The normalized spacial score (nSPS) is 12.0. The lowest BCUT2D eigenvalue weighted by molar-refractivity contribution is -0.115. The first-order valence-electron chi connectivity index (χ1n) is 9.33. The Hall–Kier alpha value is -3.00. The Kier molecular flexibility index (Phi) is 6.43. The van der Waals surface area contributed by atoms with E-state index in [4.69, 9.17) is 0 Å². The number of hydrogen-bond donors (Lipinski definition) is 1. The van der Waals surface area contributed by atoms with E-state index in [1.54, 1.807) is 35.9 Å². The number of benzene rings is 2. The average molecular weight is 410 g/mol. The number of Topliss-reactive ketones (excluding diaryl/α,β-unsaturated/α-hetero) is 1. The topological polar surface area (TPSA) is 89.8 Å². The van der Waals surface area contributed by atoms with E-state index in [1.807, 2.05) is 24.3 Å². The van der Waals surface area contributed by atoms with Gasteiger partial charge < -0.3 is 5.32 Å². The van der Waals surface area contributed by atoms with Gasteiger partial charge >= 0.3 is 0 Å². The van der Waals surface area contributed by atoms with Crippen molar-refractivity contribution in [1.29, 1.82) is 0 Å². The van der Waals surface area contributed by atoms with Crippen molar-refractivity contribution in [2.45, 2.75) is 44.0 Å². The lowest BCUT2D eigenvalue weighted by Gasteiger charge is -2.13. The third-order valence-corrected chi connectivity index (χ3v) is 5.49. The smallest absolute Gasteiger partial charge is 0.237 e. The molecule has 1 atom stereocenters. The molecule has 0 aliphatic rings. The van der Waals surface area contributed by atoms with Gasteiger partial charge in [-0.2, -0.15) is 4.68 Å². The number of nitrogens with zero attached hydrogens (tertiary/aromatic N) is 4. The molecule has 2 aromatic carbocycles. The maximum Gasteiger partial charge on any atom is 0.237 e. The summed E-state index contributed by atoms with van der Waals surface area (Å²) in [6, 6.07) is 15.0. The van der Waals surface area contributed by atoms with E-state index >= 15 is 0 Å². The summed E-state index contributed by atoms with van der Waals surface area (Å²) in [5.74, 6) is 0.108. The molecule has 8 heteroatoms. The van der Waals surface area contributed by atoms with Gasteiger partial charge in [-0.1, -0.05) is 49.9 Å². The second-order valence-corrected chi connectivity index (χ2v) is 8.28. The molecule has 0 fully saturated rings. The monoisotopic (exact) mass is 409 g/mol. The molecule has 1 aromatic heterocycles. The van der Waals surface area contributed by atoms with Crippen molar-refractivity contribution in [2.24, 2.45) is 0 Å². The molecule has 1 unspecified atom stereocenters. The second kappa shape index (κ2) is 9.00. The molecule has 7 nitrogen and oxygen atoms in total. The fourth-order valence-electron chi connectivity index (χ4n) is 2.76. The zero-order valence-electron chi connectivity index (χ0n) is 16.8.